The Bertz CT molecular complexity index is 529. The normalized spacial score (nSPS) is 12.4. The first kappa shape index (κ1) is 13.3. The molecule has 2 aromatic rings. The summed E-state index contributed by atoms with van der Waals surface area (Å²) in [6, 6.07) is 9.72. The summed E-state index contributed by atoms with van der Waals surface area (Å²) in [5, 5.41) is 1.41. The van der Waals surface area contributed by atoms with Crippen LogP contribution in [-0.4, -0.2) is 11.5 Å². The van der Waals surface area contributed by atoms with E-state index in [1.165, 1.54) is 0 Å². The van der Waals surface area contributed by atoms with Crippen molar-refractivity contribution in [2.45, 2.75) is 12.3 Å². The Balaban J connectivity index is 2.23. The third-order valence-electron chi connectivity index (χ3n) is 2.93. The molecule has 0 saturated heterocycles. The van der Waals surface area contributed by atoms with E-state index in [1.54, 1.807) is 12.4 Å². The molecule has 2 N–H and O–H groups in total. The molecule has 4 heteroatoms. The molecule has 1 unspecified atom stereocenters. The average Bonchev–Trinajstić information content (AvgIpc) is 2.38. The Labute approximate surface area is 117 Å². The van der Waals surface area contributed by atoms with Crippen LogP contribution in [0.15, 0.2) is 42.7 Å². The number of pyridine rings is 1. The molecule has 0 radical (unpaired) electrons. The van der Waals surface area contributed by atoms with Gasteiger partial charge in [-0.15, -0.1) is 0 Å². The van der Waals surface area contributed by atoms with Gasteiger partial charge >= 0.3 is 0 Å². The van der Waals surface area contributed by atoms with Gasteiger partial charge in [0.15, 0.2) is 0 Å². The largest absolute Gasteiger partial charge is 0.330 e. The Morgan fingerprint density at radius 2 is 2.06 bits per heavy atom. The van der Waals surface area contributed by atoms with Gasteiger partial charge in [0.2, 0.25) is 0 Å². The van der Waals surface area contributed by atoms with E-state index >= 15 is 0 Å². The summed E-state index contributed by atoms with van der Waals surface area (Å²) in [6.07, 6.45) is 4.19. The minimum atomic E-state index is 0.212. The molecule has 0 fully saturated rings. The van der Waals surface area contributed by atoms with Gasteiger partial charge in [-0.05, 0) is 42.3 Å². The number of hydrogen-bond donors (Lipinski definition) is 1. The van der Waals surface area contributed by atoms with Crippen LogP contribution < -0.4 is 5.73 Å². The quantitative estimate of drug-likeness (QED) is 0.928. The van der Waals surface area contributed by atoms with Crippen LogP contribution in [0.5, 0.6) is 0 Å². The number of benzene rings is 1. The van der Waals surface area contributed by atoms with Gasteiger partial charge in [-0.25, -0.2) is 0 Å². The highest BCUT2D eigenvalue weighted by Crippen LogP contribution is 2.25. The summed E-state index contributed by atoms with van der Waals surface area (Å²) in [5.74, 6) is 0.212. The van der Waals surface area contributed by atoms with Crippen LogP contribution in [0.25, 0.3) is 0 Å². The second-order valence-corrected chi connectivity index (χ2v) is 5.00. The highest BCUT2D eigenvalue weighted by molar-refractivity contribution is 6.31. The number of halogens is 2. The molecule has 0 amide bonds. The second-order valence-electron chi connectivity index (χ2n) is 4.16. The third kappa shape index (κ3) is 3.22. The molecule has 0 aliphatic heterocycles. The summed E-state index contributed by atoms with van der Waals surface area (Å²) in [5.41, 5.74) is 8.05. The smallest absolute Gasteiger partial charge is 0.0621 e. The standard InChI is InChI=1S/C14H14Cl2N2/c15-13-3-1-2-10(7-13)12(8-17)6-11-4-5-18-9-14(11)16/h1-5,7,9,12H,6,8,17H2. The van der Waals surface area contributed by atoms with Crippen molar-refractivity contribution in [2.75, 3.05) is 6.54 Å². The first-order valence-electron chi connectivity index (χ1n) is 5.74. The molecule has 1 aromatic carbocycles. The summed E-state index contributed by atoms with van der Waals surface area (Å²) < 4.78 is 0. The van der Waals surface area contributed by atoms with Gasteiger partial charge < -0.3 is 5.73 Å². The minimum Gasteiger partial charge on any atom is -0.330 e. The molecule has 0 aliphatic rings. The van der Waals surface area contributed by atoms with Crippen molar-refractivity contribution in [3.05, 3.63) is 63.9 Å². The van der Waals surface area contributed by atoms with Crippen LogP contribution in [-0.2, 0) is 6.42 Å². The number of nitrogens with zero attached hydrogens (tertiary/aromatic N) is 1. The highest BCUT2D eigenvalue weighted by atomic mass is 35.5. The fourth-order valence-electron chi connectivity index (χ4n) is 1.93. The second kappa shape index (κ2) is 6.19. The van der Waals surface area contributed by atoms with Crippen molar-refractivity contribution >= 4 is 23.2 Å². The maximum atomic E-state index is 6.11. The van der Waals surface area contributed by atoms with Crippen molar-refractivity contribution < 1.29 is 0 Å². The molecular weight excluding hydrogens is 267 g/mol. The minimum absolute atomic E-state index is 0.212. The molecule has 0 saturated carbocycles. The van der Waals surface area contributed by atoms with Gasteiger partial charge in [-0.1, -0.05) is 35.3 Å². The molecule has 2 nitrogen and oxygen atoms in total. The predicted octanol–water partition coefficient (Wildman–Crippen LogP) is 3.67. The molecule has 2 rings (SSSR count). The molecule has 18 heavy (non-hydrogen) atoms. The summed E-state index contributed by atoms with van der Waals surface area (Å²) >= 11 is 12.1. The molecule has 0 spiro atoms. The predicted molar refractivity (Wildman–Crippen MR) is 76.2 cm³/mol. The zero-order valence-electron chi connectivity index (χ0n) is 9.81. The van der Waals surface area contributed by atoms with Gasteiger partial charge in [0, 0.05) is 23.3 Å². The zero-order chi connectivity index (χ0) is 13.0. The van der Waals surface area contributed by atoms with E-state index < -0.39 is 0 Å². The van der Waals surface area contributed by atoms with E-state index in [2.05, 4.69) is 4.98 Å². The van der Waals surface area contributed by atoms with Crippen LogP contribution in [0.2, 0.25) is 10.0 Å². The molecule has 1 atom stereocenters. The van der Waals surface area contributed by atoms with E-state index in [-0.39, 0.29) is 5.92 Å². The third-order valence-corrected chi connectivity index (χ3v) is 3.50. The Morgan fingerprint density at radius 1 is 1.22 bits per heavy atom. The van der Waals surface area contributed by atoms with Crippen molar-refractivity contribution in [2.24, 2.45) is 5.73 Å². The van der Waals surface area contributed by atoms with Gasteiger partial charge in [0.25, 0.3) is 0 Å². The lowest BCUT2D eigenvalue weighted by molar-refractivity contribution is 0.694. The Morgan fingerprint density at radius 3 is 2.72 bits per heavy atom. The van der Waals surface area contributed by atoms with E-state index in [0.717, 1.165) is 22.6 Å². The maximum Gasteiger partial charge on any atom is 0.0621 e. The van der Waals surface area contributed by atoms with Crippen LogP contribution in [0, 0.1) is 0 Å². The van der Waals surface area contributed by atoms with Crippen LogP contribution in [0.3, 0.4) is 0 Å². The summed E-state index contributed by atoms with van der Waals surface area (Å²) in [6.45, 7) is 0.555. The maximum absolute atomic E-state index is 6.11. The molecule has 1 heterocycles. The SMILES string of the molecule is NCC(Cc1ccncc1Cl)c1cccc(Cl)c1. The topological polar surface area (TPSA) is 38.9 Å². The lowest BCUT2D eigenvalue weighted by atomic mass is 9.92. The first-order chi connectivity index (χ1) is 8.70. The van der Waals surface area contributed by atoms with Crippen LogP contribution in [0.1, 0.15) is 17.0 Å². The Kier molecular flexibility index (Phi) is 4.59. The van der Waals surface area contributed by atoms with E-state index in [9.17, 15) is 0 Å². The van der Waals surface area contributed by atoms with E-state index in [1.807, 2.05) is 30.3 Å². The summed E-state index contributed by atoms with van der Waals surface area (Å²) in [7, 11) is 0. The van der Waals surface area contributed by atoms with E-state index in [4.69, 9.17) is 28.9 Å². The fourth-order valence-corrected chi connectivity index (χ4v) is 2.33. The molecular formula is C14H14Cl2N2. The number of hydrogen-bond acceptors (Lipinski definition) is 2. The highest BCUT2D eigenvalue weighted by Gasteiger charge is 2.12. The van der Waals surface area contributed by atoms with Gasteiger partial charge in [-0.2, -0.15) is 0 Å². The van der Waals surface area contributed by atoms with Crippen LogP contribution in [0.4, 0.5) is 0 Å². The lowest BCUT2D eigenvalue weighted by Gasteiger charge is -2.16. The van der Waals surface area contributed by atoms with Crippen molar-refractivity contribution in [3.8, 4) is 0 Å². The Hall–Kier alpha value is -1.09. The van der Waals surface area contributed by atoms with E-state index in [0.29, 0.717) is 11.6 Å². The fraction of sp³-hybridized carbons (Fsp3) is 0.214. The van der Waals surface area contributed by atoms with Crippen molar-refractivity contribution in [3.63, 3.8) is 0 Å². The first-order valence-corrected chi connectivity index (χ1v) is 6.50. The number of rotatable bonds is 4. The van der Waals surface area contributed by atoms with Gasteiger partial charge in [-0.3, -0.25) is 4.98 Å². The van der Waals surface area contributed by atoms with Crippen molar-refractivity contribution in [1.29, 1.82) is 0 Å². The van der Waals surface area contributed by atoms with Crippen LogP contribution >= 0.6 is 23.2 Å². The monoisotopic (exact) mass is 280 g/mol. The number of aromatic nitrogens is 1. The molecule has 94 valence electrons. The lowest BCUT2D eigenvalue weighted by Crippen LogP contribution is -2.15. The molecule has 0 aliphatic carbocycles. The van der Waals surface area contributed by atoms with Gasteiger partial charge in [0.1, 0.15) is 0 Å². The summed E-state index contributed by atoms with van der Waals surface area (Å²) in [4.78, 5) is 3.98. The van der Waals surface area contributed by atoms with Crippen molar-refractivity contribution in [1.82, 2.24) is 4.98 Å². The molecule has 0 bridgehead atoms. The molecule has 1 aromatic heterocycles. The number of nitrogens with two attached hydrogens (primary N) is 1. The zero-order valence-corrected chi connectivity index (χ0v) is 11.3. The average molecular weight is 281 g/mol. The van der Waals surface area contributed by atoms with Gasteiger partial charge in [0.05, 0.1) is 5.02 Å².